The Morgan fingerprint density at radius 2 is 1.90 bits per heavy atom. The summed E-state index contributed by atoms with van der Waals surface area (Å²) < 4.78 is 5.91. The number of hydrogen-bond donors (Lipinski definition) is 0. The summed E-state index contributed by atoms with van der Waals surface area (Å²) in [5.41, 5.74) is 5.53. The lowest BCUT2D eigenvalue weighted by atomic mass is 9.99. The van der Waals surface area contributed by atoms with Crippen LogP contribution in [-0.2, 0) is 26.1 Å². The van der Waals surface area contributed by atoms with E-state index in [9.17, 15) is 4.79 Å². The first kappa shape index (κ1) is 18.8. The van der Waals surface area contributed by atoms with Gasteiger partial charge in [0, 0.05) is 44.1 Å². The lowest BCUT2D eigenvalue weighted by Crippen LogP contribution is -2.33. The highest BCUT2D eigenvalue weighted by atomic mass is 16.5. The standard InChI is InChI=1S/C24H24N4O2/c29-24(22-14-25-8-9-26-22)28-11-12-30-23-6-5-18(13-21(23)17-28)15-27-10-7-19-3-1-2-4-20(19)16-27/h1-6,8-9,13-14H,7,10-12,15-17H2. The molecule has 0 spiro atoms. The van der Waals surface area contributed by atoms with Crippen molar-refractivity contribution in [2.75, 3.05) is 19.7 Å². The Balaban J connectivity index is 1.32. The molecule has 6 heteroatoms. The van der Waals surface area contributed by atoms with Crippen molar-refractivity contribution in [3.05, 3.63) is 89.0 Å². The van der Waals surface area contributed by atoms with Crippen molar-refractivity contribution in [1.29, 1.82) is 0 Å². The van der Waals surface area contributed by atoms with Gasteiger partial charge < -0.3 is 9.64 Å². The minimum absolute atomic E-state index is 0.113. The van der Waals surface area contributed by atoms with E-state index in [0.29, 0.717) is 25.4 Å². The number of carbonyl (C=O) groups is 1. The van der Waals surface area contributed by atoms with Crippen molar-refractivity contribution in [2.45, 2.75) is 26.1 Å². The van der Waals surface area contributed by atoms with E-state index in [0.717, 1.165) is 37.4 Å². The molecule has 3 heterocycles. The van der Waals surface area contributed by atoms with Gasteiger partial charge in [0.25, 0.3) is 5.91 Å². The van der Waals surface area contributed by atoms with E-state index < -0.39 is 0 Å². The number of carbonyl (C=O) groups excluding carboxylic acids is 1. The zero-order valence-electron chi connectivity index (χ0n) is 16.8. The fourth-order valence-corrected chi connectivity index (χ4v) is 4.24. The molecule has 6 nitrogen and oxygen atoms in total. The van der Waals surface area contributed by atoms with Gasteiger partial charge in [-0.3, -0.25) is 14.7 Å². The van der Waals surface area contributed by atoms with E-state index in [2.05, 4.69) is 51.3 Å². The van der Waals surface area contributed by atoms with Gasteiger partial charge in [-0.2, -0.15) is 0 Å². The Hall–Kier alpha value is -3.25. The molecule has 3 aromatic rings. The van der Waals surface area contributed by atoms with Crippen LogP contribution in [0.4, 0.5) is 0 Å². The van der Waals surface area contributed by atoms with Gasteiger partial charge in [-0.25, -0.2) is 4.98 Å². The average molecular weight is 400 g/mol. The minimum Gasteiger partial charge on any atom is -0.491 e. The van der Waals surface area contributed by atoms with Crippen LogP contribution in [0.2, 0.25) is 0 Å². The van der Waals surface area contributed by atoms with E-state index in [1.165, 1.54) is 22.9 Å². The van der Waals surface area contributed by atoms with E-state index in [4.69, 9.17) is 4.74 Å². The van der Waals surface area contributed by atoms with Gasteiger partial charge in [-0.1, -0.05) is 30.3 Å². The Morgan fingerprint density at radius 1 is 1.00 bits per heavy atom. The van der Waals surface area contributed by atoms with Crippen LogP contribution in [0.15, 0.2) is 61.1 Å². The Morgan fingerprint density at radius 3 is 2.77 bits per heavy atom. The van der Waals surface area contributed by atoms with Crippen LogP contribution in [-0.4, -0.2) is 45.4 Å². The van der Waals surface area contributed by atoms with Crippen molar-refractivity contribution >= 4 is 5.91 Å². The van der Waals surface area contributed by atoms with Gasteiger partial charge in [0.05, 0.1) is 12.7 Å². The molecule has 0 unspecified atom stereocenters. The van der Waals surface area contributed by atoms with E-state index >= 15 is 0 Å². The van der Waals surface area contributed by atoms with Crippen LogP contribution in [0, 0.1) is 0 Å². The summed E-state index contributed by atoms with van der Waals surface area (Å²) in [6, 6.07) is 15.0. The van der Waals surface area contributed by atoms with Gasteiger partial charge in [-0.05, 0) is 35.2 Å². The first-order valence-electron chi connectivity index (χ1n) is 10.4. The Kier molecular flexibility index (Phi) is 5.15. The van der Waals surface area contributed by atoms with E-state index in [-0.39, 0.29) is 5.91 Å². The second-order valence-electron chi connectivity index (χ2n) is 7.84. The lowest BCUT2D eigenvalue weighted by Gasteiger charge is -2.29. The van der Waals surface area contributed by atoms with Crippen LogP contribution in [0.25, 0.3) is 0 Å². The van der Waals surface area contributed by atoms with Crippen molar-refractivity contribution < 1.29 is 9.53 Å². The third-order valence-electron chi connectivity index (χ3n) is 5.79. The molecule has 152 valence electrons. The normalized spacial score (nSPS) is 16.2. The number of ether oxygens (including phenoxy) is 1. The van der Waals surface area contributed by atoms with Crippen LogP contribution in [0.5, 0.6) is 5.75 Å². The predicted molar refractivity (Wildman–Crippen MR) is 113 cm³/mol. The number of hydrogen-bond acceptors (Lipinski definition) is 5. The summed E-state index contributed by atoms with van der Waals surface area (Å²) in [7, 11) is 0. The molecule has 0 saturated heterocycles. The maximum absolute atomic E-state index is 12.8. The minimum atomic E-state index is -0.113. The zero-order valence-corrected chi connectivity index (χ0v) is 16.8. The van der Waals surface area contributed by atoms with Gasteiger partial charge >= 0.3 is 0 Å². The fourth-order valence-electron chi connectivity index (χ4n) is 4.24. The third-order valence-corrected chi connectivity index (χ3v) is 5.79. The van der Waals surface area contributed by atoms with Gasteiger partial charge in [0.1, 0.15) is 18.1 Å². The first-order chi connectivity index (χ1) is 14.8. The molecule has 0 N–H and O–H groups in total. The topological polar surface area (TPSA) is 58.6 Å². The summed E-state index contributed by atoms with van der Waals surface area (Å²) in [6.07, 6.45) is 5.72. The monoisotopic (exact) mass is 400 g/mol. The van der Waals surface area contributed by atoms with E-state index in [1.54, 1.807) is 17.3 Å². The number of rotatable bonds is 3. The average Bonchev–Trinajstić information content (AvgIpc) is 3.01. The van der Waals surface area contributed by atoms with Crippen molar-refractivity contribution in [1.82, 2.24) is 19.8 Å². The molecule has 0 atom stereocenters. The summed E-state index contributed by atoms with van der Waals surface area (Å²) >= 11 is 0. The maximum Gasteiger partial charge on any atom is 0.274 e. The molecule has 1 amide bonds. The first-order valence-corrected chi connectivity index (χ1v) is 10.4. The molecule has 1 aromatic heterocycles. The van der Waals surface area contributed by atoms with Gasteiger partial charge in [0.2, 0.25) is 0 Å². The fraction of sp³-hybridized carbons (Fsp3) is 0.292. The Labute approximate surface area is 176 Å². The van der Waals surface area contributed by atoms with Gasteiger partial charge in [-0.15, -0.1) is 0 Å². The zero-order chi connectivity index (χ0) is 20.3. The number of benzene rings is 2. The van der Waals surface area contributed by atoms with Crippen molar-refractivity contribution in [2.24, 2.45) is 0 Å². The molecule has 30 heavy (non-hydrogen) atoms. The summed E-state index contributed by atoms with van der Waals surface area (Å²) in [4.78, 5) is 25.3. The molecule has 5 rings (SSSR count). The smallest absolute Gasteiger partial charge is 0.274 e. The van der Waals surface area contributed by atoms with Crippen LogP contribution in [0.1, 0.15) is 32.7 Å². The van der Waals surface area contributed by atoms with Crippen LogP contribution < -0.4 is 4.74 Å². The lowest BCUT2D eigenvalue weighted by molar-refractivity contribution is 0.0726. The van der Waals surface area contributed by atoms with Gasteiger partial charge in [0.15, 0.2) is 0 Å². The molecule has 0 fully saturated rings. The largest absolute Gasteiger partial charge is 0.491 e. The summed E-state index contributed by atoms with van der Waals surface area (Å²) in [5.74, 6) is 0.745. The molecule has 0 bridgehead atoms. The summed E-state index contributed by atoms with van der Waals surface area (Å²) in [5, 5.41) is 0. The highest BCUT2D eigenvalue weighted by Gasteiger charge is 2.23. The Bertz CT molecular complexity index is 1050. The number of amides is 1. The van der Waals surface area contributed by atoms with Crippen molar-refractivity contribution in [3.8, 4) is 5.75 Å². The highest BCUT2D eigenvalue weighted by molar-refractivity contribution is 5.92. The van der Waals surface area contributed by atoms with Crippen molar-refractivity contribution in [3.63, 3.8) is 0 Å². The molecule has 2 aliphatic heterocycles. The second-order valence-corrected chi connectivity index (χ2v) is 7.84. The predicted octanol–water partition coefficient (Wildman–Crippen LogP) is 3.07. The molecular formula is C24H24N4O2. The molecule has 0 aliphatic carbocycles. The molecule has 2 aliphatic rings. The maximum atomic E-state index is 12.8. The molecule has 0 saturated carbocycles. The molecule has 0 radical (unpaired) electrons. The van der Waals surface area contributed by atoms with E-state index in [1.807, 2.05) is 6.07 Å². The molecule has 2 aromatic carbocycles. The number of nitrogens with zero attached hydrogens (tertiary/aromatic N) is 4. The third kappa shape index (κ3) is 3.91. The second kappa shape index (κ2) is 8.24. The summed E-state index contributed by atoms with van der Waals surface area (Å²) in [6.45, 7) is 4.44. The van der Waals surface area contributed by atoms with Crippen LogP contribution >= 0.6 is 0 Å². The van der Waals surface area contributed by atoms with Crippen LogP contribution in [0.3, 0.4) is 0 Å². The number of fused-ring (bicyclic) bond motifs is 2. The number of aromatic nitrogens is 2. The quantitative estimate of drug-likeness (QED) is 0.676. The molecular weight excluding hydrogens is 376 g/mol. The highest BCUT2D eigenvalue weighted by Crippen LogP contribution is 2.27. The SMILES string of the molecule is O=C(c1cnccn1)N1CCOc2ccc(CN3CCc4ccccc4C3)cc2C1.